The Labute approximate surface area is 191 Å². The van der Waals surface area contributed by atoms with E-state index < -0.39 is 11.0 Å². The molecular formula is C24H28N4O3S. The molecule has 1 aliphatic rings. The molecule has 0 saturated heterocycles. The van der Waals surface area contributed by atoms with Crippen molar-refractivity contribution in [1.82, 2.24) is 10.3 Å². The van der Waals surface area contributed by atoms with Gasteiger partial charge in [0, 0.05) is 29.8 Å². The van der Waals surface area contributed by atoms with E-state index >= 15 is 0 Å². The molecule has 0 aliphatic heterocycles. The van der Waals surface area contributed by atoms with Crippen LogP contribution >= 0.6 is 11.3 Å². The Hall–Kier alpha value is -2.84. The van der Waals surface area contributed by atoms with Crippen LogP contribution in [0.2, 0.25) is 0 Å². The number of benzene rings is 1. The number of nitrogens with one attached hydrogen (secondary N) is 1. The molecule has 1 unspecified atom stereocenters. The lowest BCUT2D eigenvalue weighted by Gasteiger charge is -2.34. The van der Waals surface area contributed by atoms with Crippen LogP contribution in [0.25, 0.3) is 10.2 Å². The third kappa shape index (κ3) is 4.52. The maximum Gasteiger partial charge on any atom is 0.269 e. The van der Waals surface area contributed by atoms with Gasteiger partial charge in [-0.3, -0.25) is 14.9 Å². The quantitative estimate of drug-likeness (QED) is 0.427. The lowest BCUT2D eigenvalue weighted by Crippen LogP contribution is -2.32. The average Bonchev–Trinajstić information content (AvgIpc) is 3.17. The number of aromatic nitrogens is 1. The predicted molar refractivity (Wildman–Crippen MR) is 127 cm³/mol. The largest absolute Gasteiger partial charge is 0.343 e. The van der Waals surface area contributed by atoms with Gasteiger partial charge in [0.05, 0.1) is 15.8 Å². The van der Waals surface area contributed by atoms with Crippen molar-refractivity contribution in [2.75, 3.05) is 6.54 Å². The number of amides is 1. The Bertz CT molecular complexity index is 1160. The van der Waals surface area contributed by atoms with Gasteiger partial charge >= 0.3 is 0 Å². The highest BCUT2D eigenvalue weighted by atomic mass is 32.1. The van der Waals surface area contributed by atoms with E-state index in [-0.39, 0.29) is 23.6 Å². The molecule has 0 saturated carbocycles. The summed E-state index contributed by atoms with van der Waals surface area (Å²) < 4.78 is 0. The Morgan fingerprint density at radius 3 is 2.66 bits per heavy atom. The first-order valence-corrected chi connectivity index (χ1v) is 11.6. The van der Waals surface area contributed by atoms with E-state index in [0.29, 0.717) is 10.8 Å². The lowest BCUT2D eigenvalue weighted by molar-refractivity contribution is -0.384. The maximum atomic E-state index is 12.9. The van der Waals surface area contributed by atoms with E-state index in [1.807, 2.05) is 6.07 Å². The fraction of sp³-hybridized carbons (Fsp3) is 0.417. The van der Waals surface area contributed by atoms with E-state index in [0.717, 1.165) is 40.7 Å². The summed E-state index contributed by atoms with van der Waals surface area (Å²) in [5.74, 6) is 0.412. The van der Waals surface area contributed by atoms with Crippen molar-refractivity contribution in [2.45, 2.75) is 46.1 Å². The molecule has 168 valence electrons. The highest BCUT2D eigenvalue weighted by Gasteiger charge is 2.29. The summed E-state index contributed by atoms with van der Waals surface area (Å²) in [5.41, 5.74) is 9.32. The highest BCUT2D eigenvalue weighted by Crippen LogP contribution is 2.38. The minimum Gasteiger partial charge on any atom is -0.343 e. The number of carbonyl (C=O) groups excluding carboxylic acids is 1. The first-order chi connectivity index (χ1) is 15.2. The number of nitro benzene ring substituents is 1. The van der Waals surface area contributed by atoms with Gasteiger partial charge in [-0.05, 0) is 53.9 Å². The van der Waals surface area contributed by atoms with Crippen LogP contribution < -0.4 is 11.1 Å². The third-order valence-electron chi connectivity index (χ3n) is 6.37. The average molecular weight is 453 g/mol. The molecule has 2 atom stereocenters. The third-order valence-corrected chi connectivity index (χ3v) is 7.41. The summed E-state index contributed by atoms with van der Waals surface area (Å²) >= 11 is 1.39. The van der Waals surface area contributed by atoms with Gasteiger partial charge in [0.2, 0.25) is 0 Å². The molecule has 8 heteroatoms. The number of hydrogen-bond donors (Lipinski definition) is 2. The van der Waals surface area contributed by atoms with Gasteiger partial charge in [-0.25, -0.2) is 4.98 Å². The van der Waals surface area contributed by atoms with Crippen LogP contribution in [0.15, 0.2) is 36.4 Å². The van der Waals surface area contributed by atoms with Crippen LogP contribution in [0.3, 0.4) is 0 Å². The Balaban J connectivity index is 1.54. The second kappa shape index (κ2) is 8.60. The van der Waals surface area contributed by atoms with Gasteiger partial charge in [-0.2, -0.15) is 0 Å². The molecule has 7 nitrogen and oxygen atoms in total. The summed E-state index contributed by atoms with van der Waals surface area (Å²) in [6.45, 7) is 7.07. The Morgan fingerprint density at radius 1 is 1.31 bits per heavy atom. The molecule has 4 rings (SSSR count). The van der Waals surface area contributed by atoms with Crippen LogP contribution in [0.5, 0.6) is 0 Å². The Morgan fingerprint density at radius 2 is 2.03 bits per heavy atom. The number of non-ortho nitro benzene ring substituents is 1. The summed E-state index contributed by atoms with van der Waals surface area (Å²) in [6.07, 6.45) is 3.14. The van der Waals surface area contributed by atoms with Crippen LogP contribution in [-0.2, 0) is 12.8 Å². The smallest absolute Gasteiger partial charge is 0.269 e. The first-order valence-electron chi connectivity index (χ1n) is 10.8. The zero-order chi connectivity index (χ0) is 23.0. The number of pyridine rings is 1. The number of carbonyl (C=O) groups is 1. The van der Waals surface area contributed by atoms with E-state index in [9.17, 15) is 14.9 Å². The number of nitrogens with two attached hydrogens (primary N) is 1. The number of fused-ring (bicyclic) bond motifs is 2. The number of aryl methyl sites for hydroxylation is 1. The van der Waals surface area contributed by atoms with Crippen molar-refractivity contribution in [3.8, 4) is 0 Å². The zero-order valence-electron chi connectivity index (χ0n) is 18.6. The van der Waals surface area contributed by atoms with Gasteiger partial charge in [0.15, 0.2) is 0 Å². The molecule has 0 radical (unpaired) electrons. The molecule has 2 heterocycles. The van der Waals surface area contributed by atoms with Gasteiger partial charge in [-0.1, -0.05) is 32.9 Å². The lowest BCUT2D eigenvalue weighted by atomic mass is 9.71. The molecule has 3 N–H and O–H groups in total. The normalized spacial score (nSPS) is 17.1. The fourth-order valence-electron chi connectivity index (χ4n) is 4.31. The second-order valence-electron chi connectivity index (χ2n) is 9.52. The monoisotopic (exact) mass is 452 g/mol. The maximum absolute atomic E-state index is 12.9. The van der Waals surface area contributed by atoms with Crippen molar-refractivity contribution in [2.24, 2.45) is 17.1 Å². The molecule has 2 aromatic heterocycles. The molecule has 1 aliphatic carbocycles. The second-order valence-corrected chi connectivity index (χ2v) is 10.5. The molecule has 1 amide bonds. The van der Waals surface area contributed by atoms with Crippen molar-refractivity contribution in [3.05, 3.63) is 68.2 Å². The number of hydrogen-bond acceptors (Lipinski definition) is 6. The van der Waals surface area contributed by atoms with Gasteiger partial charge in [0.25, 0.3) is 11.6 Å². The number of nitrogens with zero attached hydrogens (tertiary/aromatic N) is 2. The van der Waals surface area contributed by atoms with E-state index in [4.69, 9.17) is 10.7 Å². The summed E-state index contributed by atoms with van der Waals surface area (Å²) in [6, 6.07) is 9.75. The van der Waals surface area contributed by atoms with Crippen LogP contribution in [0, 0.1) is 21.4 Å². The summed E-state index contributed by atoms with van der Waals surface area (Å²) in [5, 5.41) is 14.8. The molecule has 1 aromatic carbocycles. The molecule has 0 bridgehead atoms. The fourth-order valence-corrected chi connectivity index (χ4v) is 5.25. The summed E-state index contributed by atoms with van der Waals surface area (Å²) in [4.78, 5) is 29.7. The Kier molecular flexibility index (Phi) is 6.01. The number of thiophene rings is 1. The summed E-state index contributed by atoms with van der Waals surface area (Å²) in [7, 11) is 0. The predicted octanol–water partition coefficient (Wildman–Crippen LogP) is 4.79. The van der Waals surface area contributed by atoms with Gasteiger partial charge < -0.3 is 11.1 Å². The van der Waals surface area contributed by atoms with E-state index in [2.05, 4.69) is 32.2 Å². The standard InChI is InChI=1S/C24H28N4O3S/c1-24(2,3)17-6-9-19-15(11-17)10-16-12-21(32-23(16)27-19)22(29)26-20(13-25)14-4-7-18(8-5-14)28(30)31/h4-5,7-8,10,12,17,20H,6,9,11,13,25H2,1-3H3,(H,26,29)/t17?,20-/m1/s1. The van der Waals surface area contributed by atoms with Crippen molar-refractivity contribution in [3.63, 3.8) is 0 Å². The van der Waals surface area contributed by atoms with E-state index in [1.165, 1.54) is 29.0 Å². The molecule has 0 fully saturated rings. The zero-order valence-corrected chi connectivity index (χ0v) is 19.4. The van der Waals surface area contributed by atoms with Crippen molar-refractivity contribution < 1.29 is 9.72 Å². The topological polar surface area (TPSA) is 111 Å². The molecule has 0 spiro atoms. The molecule has 32 heavy (non-hydrogen) atoms. The van der Waals surface area contributed by atoms with Crippen molar-refractivity contribution >= 4 is 33.1 Å². The van der Waals surface area contributed by atoms with Crippen LogP contribution in [0.1, 0.15) is 59.7 Å². The molecular weight excluding hydrogens is 424 g/mol. The van der Waals surface area contributed by atoms with Crippen molar-refractivity contribution in [1.29, 1.82) is 0 Å². The van der Waals surface area contributed by atoms with Gasteiger partial charge in [-0.15, -0.1) is 11.3 Å². The van der Waals surface area contributed by atoms with Gasteiger partial charge in [0.1, 0.15) is 4.83 Å². The first kappa shape index (κ1) is 22.4. The minimum absolute atomic E-state index is 0.00379. The minimum atomic E-state index is -0.451. The molecule has 3 aromatic rings. The number of rotatable bonds is 5. The number of nitro groups is 1. The van der Waals surface area contributed by atoms with Crippen LogP contribution in [0.4, 0.5) is 5.69 Å². The SMILES string of the molecule is CC(C)(C)C1CCc2nc3sc(C(=O)N[C@H](CN)c4ccc([N+](=O)[O-])cc4)cc3cc2C1. The van der Waals surface area contributed by atoms with Crippen LogP contribution in [-0.4, -0.2) is 22.4 Å². The van der Waals surface area contributed by atoms with E-state index in [1.54, 1.807) is 12.1 Å². The highest BCUT2D eigenvalue weighted by molar-refractivity contribution is 7.20.